The molecule has 1 aromatic heterocycles. The van der Waals surface area contributed by atoms with Crippen LogP contribution < -0.4 is 5.73 Å². The molecular formula is C16H15BrFN3. The molecular weight excluding hydrogens is 333 g/mol. The van der Waals surface area contributed by atoms with Crippen molar-refractivity contribution in [1.82, 2.24) is 9.55 Å². The second kappa shape index (κ2) is 5.15. The first-order valence-electron chi connectivity index (χ1n) is 6.71. The summed E-state index contributed by atoms with van der Waals surface area (Å²) in [5.74, 6) is 0.366. The summed E-state index contributed by atoms with van der Waals surface area (Å²) in [6.45, 7) is 4.09. The zero-order valence-corrected chi connectivity index (χ0v) is 13.4. The topological polar surface area (TPSA) is 43.8 Å². The number of halogens is 2. The first-order chi connectivity index (χ1) is 9.99. The van der Waals surface area contributed by atoms with Crippen molar-refractivity contribution < 1.29 is 4.39 Å². The molecule has 0 unspecified atom stereocenters. The van der Waals surface area contributed by atoms with Crippen LogP contribution in [0.15, 0.2) is 40.9 Å². The van der Waals surface area contributed by atoms with Crippen LogP contribution >= 0.6 is 15.9 Å². The summed E-state index contributed by atoms with van der Waals surface area (Å²) in [5, 5.41) is 0. The maximum Gasteiger partial charge on any atom is 0.151 e. The van der Waals surface area contributed by atoms with E-state index in [4.69, 9.17) is 5.73 Å². The summed E-state index contributed by atoms with van der Waals surface area (Å²) in [6.07, 6.45) is 0. The molecule has 3 aromatic rings. The minimum Gasteiger partial charge on any atom is -0.398 e. The highest BCUT2D eigenvalue weighted by Gasteiger charge is 2.18. The monoisotopic (exact) mass is 347 g/mol. The van der Waals surface area contributed by atoms with Crippen molar-refractivity contribution in [3.8, 4) is 11.4 Å². The molecule has 0 aliphatic carbocycles. The molecule has 0 radical (unpaired) electrons. The maximum absolute atomic E-state index is 14.0. The zero-order valence-electron chi connectivity index (χ0n) is 11.8. The van der Waals surface area contributed by atoms with E-state index in [1.807, 2.05) is 42.7 Å². The Labute approximate surface area is 130 Å². The number of nitrogen functional groups attached to an aromatic ring is 1. The molecule has 0 spiro atoms. The van der Waals surface area contributed by atoms with Crippen molar-refractivity contribution in [2.45, 2.75) is 19.9 Å². The van der Waals surface area contributed by atoms with E-state index in [0.717, 1.165) is 15.6 Å². The van der Waals surface area contributed by atoms with Crippen molar-refractivity contribution in [1.29, 1.82) is 0 Å². The van der Waals surface area contributed by atoms with E-state index in [2.05, 4.69) is 20.9 Å². The number of hydrogen-bond acceptors (Lipinski definition) is 2. The van der Waals surface area contributed by atoms with Gasteiger partial charge in [0.25, 0.3) is 0 Å². The maximum atomic E-state index is 14.0. The van der Waals surface area contributed by atoms with Crippen LogP contribution in [0, 0.1) is 5.82 Å². The van der Waals surface area contributed by atoms with Crippen LogP contribution in [0.5, 0.6) is 0 Å². The normalized spacial score (nSPS) is 11.5. The number of hydrogen-bond donors (Lipinski definition) is 1. The Hall–Kier alpha value is -1.88. The van der Waals surface area contributed by atoms with Crippen molar-refractivity contribution in [3.63, 3.8) is 0 Å². The Morgan fingerprint density at radius 3 is 2.71 bits per heavy atom. The van der Waals surface area contributed by atoms with E-state index in [0.29, 0.717) is 17.0 Å². The first-order valence-corrected chi connectivity index (χ1v) is 7.50. The van der Waals surface area contributed by atoms with E-state index in [1.165, 1.54) is 6.07 Å². The third kappa shape index (κ3) is 2.31. The molecule has 0 aliphatic rings. The average molecular weight is 348 g/mol. The molecule has 3 nitrogen and oxygen atoms in total. The lowest BCUT2D eigenvalue weighted by molar-refractivity contribution is 0.623. The quantitative estimate of drug-likeness (QED) is 0.678. The molecule has 0 amide bonds. The van der Waals surface area contributed by atoms with E-state index in [-0.39, 0.29) is 11.9 Å². The zero-order chi connectivity index (χ0) is 15.1. The predicted molar refractivity (Wildman–Crippen MR) is 87.6 cm³/mol. The minimum absolute atomic E-state index is 0.144. The number of rotatable bonds is 2. The SMILES string of the molecule is CC(C)n1c(-c2cc(Br)ccc2N)nc2c(F)cccc21. The first kappa shape index (κ1) is 14.1. The van der Waals surface area contributed by atoms with E-state index >= 15 is 0 Å². The van der Waals surface area contributed by atoms with Crippen molar-refractivity contribution in [2.75, 3.05) is 5.73 Å². The van der Waals surface area contributed by atoms with Gasteiger partial charge in [-0.1, -0.05) is 22.0 Å². The number of benzene rings is 2. The van der Waals surface area contributed by atoms with Gasteiger partial charge in [0.2, 0.25) is 0 Å². The molecule has 2 N–H and O–H groups in total. The predicted octanol–water partition coefficient (Wildman–Crippen LogP) is 4.77. The Morgan fingerprint density at radius 1 is 1.24 bits per heavy atom. The highest BCUT2D eigenvalue weighted by atomic mass is 79.9. The summed E-state index contributed by atoms with van der Waals surface area (Å²) >= 11 is 3.45. The number of nitrogens with zero attached hydrogens (tertiary/aromatic N) is 2. The summed E-state index contributed by atoms with van der Waals surface area (Å²) < 4.78 is 16.9. The third-order valence-corrected chi connectivity index (χ3v) is 3.94. The highest BCUT2D eigenvalue weighted by Crippen LogP contribution is 2.33. The van der Waals surface area contributed by atoms with Gasteiger partial charge in [-0.3, -0.25) is 0 Å². The fraction of sp³-hybridized carbons (Fsp3) is 0.188. The van der Waals surface area contributed by atoms with Crippen molar-refractivity contribution in [2.24, 2.45) is 0 Å². The van der Waals surface area contributed by atoms with Gasteiger partial charge >= 0.3 is 0 Å². The standard InChI is InChI=1S/C16H15BrFN3/c1-9(2)21-14-5-3-4-12(18)15(14)20-16(21)11-8-10(17)6-7-13(11)19/h3-9H,19H2,1-2H3. The largest absolute Gasteiger partial charge is 0.398 e. The smallest absolute Gasteiger partial charge is 0.151 e. The van der Waals surface area contributed by atoms with Gasteiger partial charge in [0.15, 0.2) is 5.82 Å². The molecule has 0 bridgehead atoms. The molecule has 3 rings (SSSR count). The number of aromatic nitrogens is 2. The van der Waals surface area contributed by atoms with Gasteiger partial charge in [-0.05, 0) is 44.2 Å². The Morgan fingerprint density at radius 2 is 2.00 bits per heavy atom. The summed E-state index contributed by atoms with van der Waals surface area (Å²) in [5.41, 5.74) is 8.66. The second-order valence-electron chi connectivity index (χ2n) is 5.24. The van der Waals surface area contributed by atoms with Crippen LogP contribution in [0.4, 0.5) is 10.1 Å². The van der Waals surface area contributed by atoms with Gasteiger partial charge in [-0.2, -0.15) is 0 Å². The van der Waals surface area contributed by atoms with Gasteiger partial charge in [0, 0.05) is 21.8 Å². The lowest BCUT2D eigenvalue weighted by Gasteiger charge is -2.14. The Balaban J connectivity index is 2.39. The number of para-hydroxylation sites is 1. The van der Waals surface area contributed by atoms with Gasteiger partial charge in [0.1, 0.15) is 11.3 Å². The summed E-state index contributed by atoms with van der Waals surface area (Å²) in [6, 6.07) is 10.8. The van der Waals surface area contributed by atoms with Gasteiger partial charge in [0.05, 0.1) is 5.52 Å². The second-order valence-corrected chi connectivity index (χ2v) is 6.15. The summed E-state index contributed by atoms with van der Waals surface area (Å²) in [7, 11) is 0. The molecule has 0 atom stereocenters. The fourth-order valence-corrected chi connectivity index (χ4v) is 2.88. The Kier molecular flexibility index (Phi) is 3.45. The number of anilines is 1. The van der Waals surface area contributed by atoms with E-state index in [1.54, 1.807) is 6.07 Å². The van der Waals surface area contributed by atoms with E-state index in [9.17, 15) is 4.39 Å². The van der Waals surface area contributed by atoms with Crippen molar-refractivity contribution in [3.05, 3.63) is 46.7 Å². The minimum atomic E-state index is -0.318. The number of imidazole rings is 1. The van der Waals surface area contributed by atoms with Crippen LogP contribution in [0.3, 0.4) is 0 Å². The molecule has 2 aromatic carbocycles. The molecule has 0 saturated carbocycles. The average Bonchev–Trinajstić information content (AvgIpc) is 2.82. The van der Waals surface area contributed by atoms with E-state index < -0.39 is 0 Å². The van der Waals surface area contributed by atoms with Crippen LogP contribution in [0.2, 0.25) is 0 Å². The molecule has 5 heteroatoms. The highest BCUT2D eigenvalue weighted by molar-refractivity contribution is 9.10. The molecule has 0 aliphatic heterocycles. The van der Waals surface area contributed by atoms with Crippen LogP contribution in [-0.4, -0.2) is 9.55 Å². The van der Waals surface area contributed by atoms with Crippen LogP contribution in [-0.2, 0) is 0 Å². The molecule has 1 heterocycles. The molecule has 108 valence electrons. The number of fused-ring (bicyclic) bond motifs is 1. The Bertz CT molecular complexity index is 824. The number of nitrogens with two attached hydrogens (primary N) is 1. The lowest BCUT2D eigenvalue weighted by atomic mass is 10.1. The lowest BCUT2D eigenvalue weighted by Crippen LogP contribution is -2.04. The van der Waals surface area contributed by atoms with Gasteiger partial charge in [-0.25, -0.2) is 9.37 Å². The van der Waals surface area contributed by atoms with Crippen LogP contribution in [0.25, 0.3) is 22.4 Å². The van der Waals surface area contributed by atoms with Gasteiger partial charge in [-0.15, -0.1) is 0 Å². The molecule has 21 heavy (non-hydrogen) atoms. The summed E-state index contributed by atoms with van der Waals surface area (Å²) in [4.78, 5) is 4.49. The molecule has 0 fully saturated rings. The van der Waals surface area contributed by atoms with Crippen molar-refractivity contribution >= 4 is 32.7 Å². The third-order valence-electron chi connectivity index (χ3n) is 3.44. The van der Waals surface area contributed by atoms with Crippen LogP contribution in [0.1, 0.15) is 19.9 Å². The van der Waals surface area contributed by atoms with Gasteiger partial charge < -0.3 is 10.3 Å². The molecule has 0 saturated heterocycles. The fourth-order valence-electron chi connectivity index (χ4n) is 2.52.